The summed E-state index contributed by atoms with van der Waals surface area (Å²) in [5, 5.41) is 2.84. The fraction of sp³-hybridized carbons (Fsp3) is 0.600. The van der Waals surface area contributed by atoms with Crippen LogP contribution in [-0.4, -0.2) is 11.8 Å². The molecular weight excluding hydrogens is 374 g/mol. The lowest BCUT2D eigenvalue weighted by molar-refractivity contribution is -0.129. The van der Waals surface area contributed by atoms with Crippen molar-refractivity contribution in [3.8, 4) is 0 Å². The second-order valence-electron chi connectivity index (χ2n) is 7.80. The van der Waals surface area contributed by atoms with Crippen molar-refractivity contribution in [2.24, 2.45) is 17.1 Å². The van der Waals surface area contributed by atoms with Gasteiger partial charge in [-0.2, -0.15) is 0 Å². The molecular formula is C20H27ClF2N2O2. The topological polar surface area (TPSA) is 72.2 Å². The Kier molecular flexibility index (Phi) is 7.20. The predicted octanol–water partition coefficient (Wildman–Crippen LogP) is 4.65. The van der Waals surface area contributed by atoms with E-state index in [1.165, 1.54) is 19.1 Å². The van der Waals surface area contributed by atoms with E-state index >= 15 is 0 Å². The van der Waals surface area contributed by atoms with Gasteiger partial charge < -0.3 is 11.1 Å². The fourth-order valence-electron chi connectivity index (χ4n) is 3.80. The number of hydrogen-bond donors (Lipinski definition) is 2. The van der Waals surface area contributed by atoms with E-state index < -0.39 is 17.7 Å². The zero-order chi connectivity index (χ0) is 20.2. The van der Waals surface area contributed by atoms with Gasteiger partial charge in [-0.05, 0) is 43.2 Å². The van der Waals surface area contributed by atoms with Crippen LogP contribution in [0.1, 0.15) is 70.4 Å². The van der Waals surface area contributed by atoms with E-state index in [0.717, 1.165) is 44.9 Å². The molecule has 7 heteroatoms. The quantitative estimate of drug-likeness (QED) is 0.722. The molecule has 1 aromatic rings. The summed E-state index contributed by atoms with van der Waals surface area (Å²) in [5.41, 5.74) is 4.04. The molecule has 0 aliphatic heterocycles. The number of rotatable bonds is 4. The van der Waals surface area contributed by atoms with E-state index in [1.807, 2.05) is 6.92 Å². The van der Waals surface area contributed by atoms with E-state index in [1.54, 1.807) is 0 Å². The minimum atomic E-state index is -0.751. The van der Waals surface area contributed by atoms with Gasteiger partial charge in [0.15, 0.2) is 0 Å². The van der Waals surface area contributed by atoms with Gasteiger partial charge in [0.25, 0.3) is 0 Å². The molecule has 150 valence electrons. The Bertz CT molecular complexity index is 697. The van der Waals surface area contributed by atoms with Crippen molar-refractivity contribution in [1.29, 1.82) is 0 Å². The van der Waals surface area contributed by atoms with Crippen molar-refractivity contribution in [3.63, 3.8) is 0 Å². The predicted molar refractivity (Wildman–Crippen MR) is 101 cm³/mol. The summed E-state index contributed by atoms with van der Waals surface area (Å²) < 4.78 is 29.0. The maximum atomic E-state index is 14.6. The van der Waals surface area contributed by atoms with Gasteiger partial charge in [0.05, 0.1) is 11.1 Å². The summed E-state index contributed by atoms with van der Waals surface area (Å²) in [7, 11) is 0. The molecule has 2 aliphatic rings. The van der Waals surface area contributed by atoms with E-state index in [-0.39, 0.29) is 33.7 Å². The van der Waals surface area contributed by atoms with E-state index in [9.17, 15) is 18.4 Å². The molecule has 2 fully saturated rings. The summed E-state index contributed by atoms with van der Waals surface area (Å²) in [5.74, 6) is -1.83. The SMILES string of the molecule is CC(N)=O.CC1(C(NC(=O)C2CCC2)c2c(F)ccc(Cl)c2F)CCCC1. The zero-order valence-electron chi connectivity index (χ0n) is 15.8. The second kappa shape index (κ2) is 9.00. The number of amides is 2. The van der Waals surface area contributed by atoms with Gasteiger partial charge in [0, 0.05) is 18.4 Å². The van der Waals surface area contributed by atoms with E-state index in [2.05, 4.69) is 11.1 Å². The lowest BCUT2D eigenvalue weighted by Crippen LogP contribution is -2.43. The Hall–Kier alpha value is -1.69. The number of nitrogens with one attached hydrogen (secondary N) is 1. The minimum absolute atomic E-state index is 0.0205. The molecule has 0 saturated heterocycles. The third-order valence-corrected chi connectivity index (χ3v) is 5.87. The average molecular weight is 401 g/mol. The molecule has 3 rings (SSSR count). The number of primary amides is 1. The Labute approximate surface area is 163 Å². The Balaban J connectivity index is 0.000000596. The molecule has 2 saturated carbocycles. The monoisotopic (exact) mass is 400 g/mol. The van der Waals surface area contributed by atoms with Gasteiger partial charge in [-0.3, -0.25) is 9.59 Å². The van der Waals surface area contributed by atoms with Crippen molar-refractivity contribution < 1.29 is 18.4 Å². The summed E-state index contributed by atoms with van der Waals surface area (Å²) in [4.78, 5) is 21.6. The maximum absolute atomic E-state index is 14.6. The summed E-state index contributed by atoms with van der Waals surface area (Å²) in [6.07, 6.45) is 6.46. The van der Waals surface area contributed by atoms with Crippen LogP contribution < -0.4 is 11.1 Å². The second-order valence-corrected chi connectivity index (χ2v) is 8.21. The number of carbonyl (C=O) groups is 2. The molecule has 1 aromatic carbocycles. The number of carbonyl (C=O) groups excluding carboxylic acids is 2. The summed E-state index contributed by atoms with van der Waals surface area (Å²) >= 11 is 5.87. The molecule has 3 N–H and O–H groups in total. The highest BCUT2D eigenvalue weighted by Crippen LogP contribution is 2.49. The van der Waals surface area contributed by atoms with Gasteiger partial charge in [-0.1, -0.05) is 37.8 Å². The normalized spacial score (nSPS) is 19.4. The third-order valence-electron chi connectivity index (χ3n) is 5.57. The van der Waals surface area contributed by atoms with Crippen molar-refractivity contribution >= 4 is 23.4 Å². The molecule has 4 nitrogen and oxygen atoms in total. The molecule has 1 atom stereocenters. The van der Waals surface area contributed by atoms with Crippen LogP contribution in [0.15, 0.2) is 12.1 Å². The van der Waals surface area contributed by atoms with Crippen LogP contribution in [0.25, 0.3) is 0 Å². The highest BCUT2D eigenvalue weighted by Gasteiger charge is 2.42. The maximum Gasteiger partial charge on any atom is 0.223 e. The molecule has 1 unspecified atom stereocenters. The molecule has 0 radical (unpaired) electrons. The molecule has 27 heavy (non-hydrogen) atoms. The van der Waals surface area contributed by atoms with Crippen LogP contribution in [-0.2, 0) is 9.59 Å². The van der Waals surface area contributed by atoms with Crippen LogP contribution in [0.2, 0.25) is 5.02 Å². The minimum Gasteiger partial charge on any atom is -0.370 e. The highest BCUT2D eigenvalue weighted by atomic mass is 35.5. The van der Waals surface area contributed by atoms with Crippen molar-refractivity contribution in [1.82, 2.24) is 5.32 Å². The number of hydrogen-bond acceptors (Lipinski definition) is 2. The van der Waals surface area contributed by atoms with Crippen LogP contribution in [0.5, 0.6) is 0 Å². The number of nitrogens with two attached hydrogens (primary N) is 1. The number of benzene rings is 1. The van der Waals surface area contributed by atoms with Crippen LogP contribution in [0, 0.1) is 23.0 Å². The molecule has 2 aliphatic carbocycles. The van der Waals surface area contributed by atoms with E-state index in [4.69, 9.17) is 11.6 Å². The smallest absolute Gasteiger partial charge is 0.223 e. The first-order valence-electron chi connectivity index (χ1n) is 9.35. The van der Waals surface area contributed by atoms with Crippen LogP contribution >= 0.6 is 11.6 Å². The van der Waals surface area contributed by atoms with Crippen molar-refractivity contribution in [2.45, 2.75) is 64.8 Å². The summed E-state index contributed by atoms with van der Waals surface area (Å²) in [6.45, 7) is 3.31. The standard InChI is InChI=1S/C18H22ClF2NO.C2H5NO/c1-18(9-2-3-10-18)16(22-17(23)11-5-4-6-11)14-13(20)8-7-12(19)15(14)21;1-2(3)4/h7-8,11,16H,2-6,9-10H2,1H3,(H,22,23);1H3,(H2,3,4). The lowest BCUT2D eigenvalue weighted by atomic mass is 9.76. The van der Waals surface area contributed by atoms with E-state index in [0.29, 0.717) is 0 Å². The Morgan fingerprint density at radius 3 is 2.26 bits per heavy atom. The molecule has 0 aromatic heterocycles. The average Bonchev–Trinajstić information content (AvgIpc) is 2.96. The fourth-order valence-corrected chi connectivity index (χ4v) is 3.97. The summed E-state index contributed by atoms with van der Waals surface area (Å²) in [6, 6.07) is 1.73. The largest absolute Gasteiger partial charge is 0.370 e. The Morgan fingerprint density at radius 2 is 1.78 bits per heavy atom. The first-order chi connectivity index (χ1) is 12.7. The number of halogens is 3. The van der Waals surface area contributed by atoms with Gasteiger partial charge in [0.2, 0.25) is 11.8 Å². The molecule has 0 heterocycles. The van der Waals surface area contributed by atoms with Gasteiger partial charge in [0.1, 0.15) is 11.6 Å². The molecule has 0 spiro atoms. The van der Waals surface area contributed by atoms with Gasteiger partial charge >= 0.3 is 0 Å². The zero-order valence-corrected chi connectivity index (χ0v) is 16.5. The first-order valence-corrected chi connectivity index (χ1v) is 9.73. The highest BCUT2D eigenvalue weighted by molar-refractivity contribution is 6.30. The van der Waals surface area contributed by atoms with Gasteiger partial charge in [-0.25, -0.2) is 8.78 Å². The van der Waals surface area contributed by atoms with Crippen LogP contribution in [0.4, 0.5) is 8.78 Å². The van der Waals surface area contributed by atoms with Crippen LogP contribution in [0.3, 0.4) is 0 Å². The third kappa shape index (κ3) is 5.18. The Morgan fingerprint density at radius 1 is 1.22 bits per heavy atom. The molecule has 2 amide bonds. The molecule has 0 bridgehead atoms. The lowest BCUT2D eigenvalue weighted by Gasteiger charge is -2.37. The van der Waals surface area contributed by atoms with Crippen molar-refractivity contribution in [2.75, 3.05) is 0 Å². The first kappa shape index (κ1) is 21.6. The van der Waals surface area contributed by atoms with Gasteiger partial charge in [-0.15, -0.1) is 0 Å². The van der Waals surface area contributed by atoms with Crippen molar-refractivity contribution in [3.05, 3.63) is 34.4 Å².